The van der Waals surface area contributed by atoms with E-state index in [2.05, 4.69) is 41.5 Å². The fraction of sp³-hybridized carbons (Fsp3) is 0.524. The summed E-state index contributed by atoms with van der Waals surface area (Å²) in [4.78, 5) is 23.8. The molecule has 0 unspecified atom stereocenters. The van der Waals surface area contributed by atoms with Crippen LogP contribution in [-0.4, -0.2) is 27.2 Å². The first-order chi connectivity index (χ1) is 12.2. The van der Waals surface area contributed by atoms with Crippen LogP contribution < -0.4 is 0 Å². The molecule has 0 amide bonds. The van der Waals surface area contributed by atoms with E-state index in [0.717, 1.165) is 5.56 Å². The molecule has 0 aliphatic heterocycles. The minimum atomic E-state index is -2.31. The molecule has 0 atom stereocenters. The quantitative estimate of drug-likeness (QED) is 0.326. The number of ether oxygens (including phenoxy) is 1. The lowest BCUT2D eigenvalue weighted by Crippen LogP contribution is -2.49. The van der Waals surface area contributed by atoms with Crippen LogP contribution in [-0.2, 0) is 25.4 Å². The first-order valence-electron chi connectivity index (χ1n) is 9.24. The molecule has 0 heterocycles. The third kappa shape index (κ3) is 5.92. The van der Waals surface area contributed by atoms with Crippen LogP contribution in [0, 0.1) is 0 Å². The van der Waals surface area contributed by atoms with E-state index in [0.29, 0.717) is 35.1 Å². The second-order valence-corrected chi connectivity index (χ2v) is 12.9. The van der Waals surface area contributed by atoms with Gasteiger partial charge >= 0.3 is 5.97 Å². The van der Waals surface area contributed by atoms with E-state index in [1.54, 1.807) is 0 Å². The Morgan fingerprint density at radius 2 is 1.54 bits per heavy atom. The first kappa shape index (κ1) is 22.3. The second kappa shape index (κ2) is 10.4. The monoisotopic (exact) mass is 376 g/mol. The predicted octanol–water partition coefficient (Wildman–Crippen LogP) is 5.05. The van der Waals surface area contributed by atoms with Crippen molar-refractivity contribution in [1.29, 1.82) is 0 Å². The smallest absolute Gasteiger partial charge is 0.317 e. The van der Waals surface area contributed by atoms with Gasteiger partial charge in [0.1, 0.15) is 6.29 Å². The lowest BCUT2D eigenvalue weighted by Gasteiger charge is -2.41. The summed E-state index contributed by atoms with van der Waals surface area (Å²) < 4.78 is 11.6. The first-order valence-corrected chi connectivity index (χ1v) is 11.4. The molecule has 4 nitrogen and oxygen atoms in total. The van der Waals surface area contributed by atoms with Gasteiger partial charge in [0, 0.05) is 11.6 Å². The molecule has 0 aliphatic rings. The van der Waals surface area contributed by atoms with Gasteiger partial charge in [-0.15, -0.1) is 0 Å². The second-order valence-electron chi connectivity index (χ2n) is 7.55. The van der Waals surface area contributed by atoms with Crippen LogP contribution in [0.15, 0.2) is 42.0 Å². The minimum absolute atomic E-state index is 0.0904. The molecule has 26 heavy (non-hydrogen) atoms. The summed E-state index contributed by atoms with van der Waals surface area (Å²) in [7, 11) is -2.31. The van der Waals surface area contributed by atoms with Crippen molar-refractivity contribution in [3.63, 3.8) is 0 Å². The van der Waals surface area contributed by atoms with Gasteiger partial charge < -0.3 is 9.16 Å². The van der Waals surface area contributed by atoms with Gasteiger partial charge in [0.25, 0.3) is 8.32 Å². The molecule has 0 saturated heterocycles. The Hall–Kier alpha value is -1.72. The summed E-state index contributed by atoms with van der Waals surface area (Å²) >= 11 is 0. The fourth-order valence-corrected chi connectivity index (χ4v) is 8.79. The van der Waals surface area contributed by atoms with Crippen LogP contribution in [0.2, 0.25) is 16.6 Å². The van der Waals surface area contributed by atoms with Crippen LogP contribution in [0.25, 0.3) is 0 Å². The largest absolute Gasteiger partial charge is 0.515 e. The number of rotatable bonds is 10. The lowest BCUT2D eigenvalue weighted by atomic mass is 10.2. The summed E-state index contributed by atoms with van der Waals surface area (Å²) in [5.41, 5.74) is 2.22. The van der Waals surface area contributed by atoms with E-state index in [4.69, 9.17) is 9.16 Å². The summed E-state index contributed by atoms with van der Waals surface area (Å²) in [6.45, 7) is 13.2. The zero-order valence-electron chi connectivity index (χ0n) is 16.8. The highest BCUT2D eigenvalue weighted by Gasteiger charge is 2.47. The molecule has 0 N–H and O–H groups in total. The molecule has 5 heteroatoms. The molecular formula is C21H32O4Si. The molecule has 1 rings (SSSR count). The summed E-state index contributed by atoms with van der Waals surface area (Å²) in [6, 6.07) is 9.70. The molecular weight excluding hydrogens is 344 g/mol. The van der Waals surface area contributed by atoms with Gasteiger partial charge in [-0.25, -0.2) is 4.79 Å². The minimum Gasteiger partial charge on any atom is -0.515 e. The van der Waals surface area contributed by atoms with Crippen molar-refractivity contribution in [2.24, 2.45) is 0 Å². The van der Waals surface area contributed by atoms with Crippen LogP contribution in [0.4, 0.5) is 0 Å². The lowest BCUT2D eigenvalue weighted by molar-refractivity contribution is -0.130. The fourth-order valence-electron chi connectivity index (χ4n) is 3.68. The van der Waals surface area contributed by atoms with Crippen LogP contribution in [0.3, 0.4) is 0 Å². The Balaban J connectivity index is 2.77. The molecule has 0 spiro atoms. The number of carbonyl (C=O) groups is 2. The Kier molecular flexibility index (Phi) is 8.95. The maximum absolute atomic E-state index is 12.5. The van der Waals surface area contributed by atoms with E-state index in [1.165, 1.54) is 6.08 Å². The number of hydrogen-bond acceptors (Lipinski definition) is 4. The maximum Gasteiger partial charge on any atom is 0.317 e. The van der Waals surface area contributed by atoms with E-state index < -0.39 is 14.3 Å². The van der Waals surface area contributed by atoms with E-state index >= 15 is 0 Å². The molecule has 0 bridgehead atoms. The van der Waals surface area contributed by atoms with Crippen LogP contribution in [0.5, 0.6) is 0 Å². The van der Waals surface area contributed by atoms with Crippen molar-refractivity contribution in [3.8, 4) is 0 Å². The molecule has 0 fully saturated rings. The van der Waals surface area contributed by atoms with E-state index in [1.807, 2.05) is 30.3 Å². The van der Waals surface area contributed by atoms with Crippen molar-refractivity contribution in [2.75, 3.05) is 6.61 Å². The number of benzene rings is 1. The number of hydrogen-bond donors (Lipinski definition) is 0. The summed E-state index contributed by atoms with van der Waals surface area (Å²) in [5, 5.41) is 0. The highest BCUT2D eigenvalue weighted by molar-refractivity contribution is 6.79. The number of aldehydes is 1. The number of carbonyl (C=O) groups excluding carboxylic acids is 2. The Morgan fingerprint density at radius 1 is 1.00 bits per heavy atom. The molecule has 0 aliphatic carbocycles. The van der Waals surface area contributed by atoms with Crippen molar-refractivity contribution in [3.05, 3.63) is 47.5 Å². The molecule has 0 aromatic heterocycles. The normalized spacial score (nSPS) is 12.7. The van der Waals surface area contributed by atoms with Gasteiger partial charge in [-0.05, 0) is 22.2 Å². The van der Waals surface area contributed by atoms with Crippen molar-refractivity contribution in [2.45, 2.75) is 64.8 Å². The average Bonchev–Trinajstić information content (AvgIpc) is 2.58. The predicted molar refractivity (Wildman–Crippen MR) is 107 cm³/mol. The average molecular weight is 377 g/mol. The van der Waals surface area contributed by atoms with Gasteiger partial charge in [-0.3, -0.25) is 4.79 Å². The standard InChI is InChI=1S/C21H32O4Si/c1-16(2)26(17(3)4,18(5)6)25-21(23)12-20(13-22)15-24-14-19-10-8-7-9-11-19/h7-13,16-18H,14-15H2,1-6H3/b20-12+. The topological polar surface area (TPSA) is 52.6 Å². The highest BCUT2D eigenvalue weighted by atomic mass is 28.4. The third-order valence-electron chi connectivity index (χ3n) is 4.82. The maximum atomic E-state index is 12.5. The van der Waals surface area contributed by atoms with Crippen molar-refractivity contribution < 1.29 is 18.8 Å². The summed E-state index contributed by atoms with van der Waals surface area (Å²) in [6.07, 6.45) is 1.95. The van der Waals surface area contributed by atoms with Crippen molar-refractivity contribution in [1.82, 2.24) is 0 Å². The van der Waals surface area contributed by atoms with Crippen molar-refractivity contribution >= 4 is 20.6 Å². The summed E-state index contributed by atoms with van der Waals surface area (Å²) in [5.74, 6) is -0.432. The van der Waals surface area contributed by atoms with Gasteiger partial charge in [-0.2, -0.15) is 0 Å². The van der Waals surface area contributed by atoms with Gasteiger partial charge in [0.15, 0.2) is 0 Å². The zero-order valence-corrected chi connectivity index (χ0v) is 17.8. The van der Waals surface area contributed by atoms with Gasteiger partial charge in [-0.1, -0.05) is 71.9 Å². The molecule has 0 saturated carbocycles. The van der Waals surface area contributed by atoms with E-state index in [9.17, 15) is 9.59 Å². The molecule has 1 aromatic rings. The van der Waals surface area contributed by atoms with E-state index in [-0.39, 0.29) is 6.61 Å². The van der Waals surface area contributed by atoms with Gasteiger partial charge in [0.05, 0.1) is 13.2 Å². The van der Waals surface area contributed by atoms with Gasteiger partial charge in [0.2, 0.25) is 0 Å². The SMILES string of the molecule is CC(C)[Si](OC(=O)/C=C(\C=O)COCc1ccccc1)(C(C)C)C(C)C. The Labute approximate surface area is 158 Å². The Morgan fingerprint density at radius 3 is 2.00 bits per heavy atom. The third-order valence-corrected chi connectivity index (χ3v) is 10.8. The Bertz CT molecular complexity index is 584. The highest BCUT2D eigenvalue weighted by Crippen LogP contribution is 2.42. The molecule has 144 valence electrons. The molecule has 1 aromatic carbocycles. The zero-order chi connectivity index (χ0) is 19.7. The van der Waals surface area contributed by atoms with Crippen LogP contribution in [0.1, 0.15) is 47.1 Å². The molecule has 0 radical (unpaired) electrons. The van der Waals surface area contributed by atoms with Crippen LogP contribution >= 0.6 is 0 Å².